The van der Waals surface area contributed by atoms with Gasteiger partial charge in [0.1, 0.15) is 0 Å². The second-order valence-corrected chi connectivity index (χ2v) is 5.88. The number of aliphatic hydroxyl groups excluding tert-OH is 1. The van der Waals surface area contributed by atoms with Gasteiger partial charge < -0.3 is 15.3 Å². The molecule has 2 amide bonds. The number of hydrogen-bond donors (Lipinski definition) is 2. The maximum atomic E-state index is 12.4. The first-order chi connectivity index (χ1) is 11.6. The quantitative estimate of drug-likeness (QED) is 0.908. The van der Waals surface area contributed by atoms with Crippen LogP contribution in [-0.2, 0) is 4.79 Å². The summed E-state index contributed by atoms with van der Waals surface area (Å²) in [4.78, 5) is 26.4. The zero-order valence-corrected chi connectivity index (χ0v) is 13.3. The molecule has 1 saturated heterocycles. The van der Waals surface area contributed by atoms with Gasteiger partial charge in [-0.05, 0) is 36.6 Å². The lowest BCUT2D eigenvalue weighted by Gasteiger charge is -2.16. The zero-order chi connectivity index (χ0) is 16.9. The van der Waals surface area contributed by atoms with Gasteiger partial charge in [-0.15, -0.1) is 0 Å². The van der Waals surface area contributed by atoms with Crippen molar-refractivity contribution in [1.29, 1.82) is 0 Å². The number of carbonyl (C=O) groups excluding carboxylic acids is 2. The first-order valence-corrected chi connectivity index (χ1v) is 8.08. The maximum absolute atomic E-state index is 12.4. The van der Waals surface area contributed by atoms with Gasteiger partial charge in [-0.25, -0.2) is 0 Å². The Labute approximate surface area is 140 Å². The minimum atomic E-state index is -1.25. The minimum Gasteiger partial charge on any atom is -0.378 e. The molecule has 0 aliphatic carbocycles. The largest absolute Gasteiger partial charge is 0.378 e. The van der Waals surface area contributed by atoms with E-state index in [0.717, 1.165) is 25.9 Å². The molecular weight excluding hydrogens is 304 g/mol. The molecule has 5 nitrogen and oxygen atoms in total. The third-order valence-corrected chi connectivity index (χ3v) is 4.13. The molecule has 3 rings (SSSR count). The molecule has 1 atom stereocenters. The van der Waals surface area contributed by atoms with E-state index in [1.807, 2.05) is 11.0 Å². The minimum absolute atomic E-state index is 0.0211. The van der Waals surface area contributed by atoms with Crippen LogP contribution < -0.4 is 5.32 Å². The molecule has 0 aromatic heterocycles. The van der Waals surface area contributed by atoms with E-state index in [2.05, 4.69) is 5.32 Å². The van der Waals surface area contributed by atoms with E-state index < -0.39 is 12.0 Å². The maximum Gasteiger partial charge on any atom is 0.257 e. The fraction of sp³-hybridized carbons (Fsp3) is 0.263. The van der Waals surface area contributed by atoms with E-state index in [9.17, 15) is 14.7 Å². The van der Waals surface area contributed by atoms with Gasteiger partial charge in [-0.1, -0.05) is 36.4 Å². The van der Waals surface area contributed by atoms with E-state index in [0.29, 0.717) is 16.8 Å². The van der Waals surface area contributed by atoms with Crippen molar-refractivity contribution in [1.82, 2.24) is 4.90 Å². The van der Waals surface area contributed by atoms with Crippen LogP contribution in [0.4, 0.5) is 5.69 Å². The number of nitrogens with zero attached hydrogens (tertiary/aromatic N) is 1. The van der Waals surface area contributed by atoms with Crippen LogP contribution >= 0.6 is 0 Å². The van der Waals surface area contributed by atoms with Crippen LogP contribution in [0.1, 0.15) is 34.9 Å². The molecule has 1 aliphatic rings. The second kappa shape index (κ2) is 7.27. The molecule has 24 heavy (non-hydrogen) atoms. The summed E-state index contributed by atoms with van der Waals surface area (Å²) in [5.41, 5.74) is 1.57. The third-order valence-electron chi connectivity index (χ3n) is 4.13. The molecule has 0 saturated carbocycles. The highest BCUT2D eigenvalue weighted by molar-refractivity contribution is 5.98. The van der Waals surface area contributed by atoms with Crippen molar-refractivity contribution >= 4 is 17.5 Å². The van der Waals surface area contributed by atoms with Crippen molar-refractivity contribution in [3.05, 3.63) is 65.7 Å². The SMILES string of the molecule is O=C(Nc1cccc(C(=O)N2CCCC2)c1)C(O)c1ccccc1. The Morgan fingerprint density at radius 3 is 2.42 bits per heavy atom. The molecule has 2 aromatic rings. The molecule has 1 unspecified atom stereocenters. The topological polar surface area (TPSA) is 69.6 Å². The third kappa shape index (κ3) is 3.63. The number of carbonyl (C=O) groups is 2. The summed E-state index contributed by atoms with van der Waals surface area (Å²) in [6.45, 7) is 1.56. The van der Waals surface area contributed by atoms with E-state index in [1.54, 1.807) is 48.5 Å². The average molecular weight is 324 g/mol. The summed E-state index contributed by atoms with van der Waals surface area (Å²) in [6, 6.07) is 15.6. The number of aliphatic hydroxyl groups is 1. The molecule has 1 heterocycles. The molecule has 5 heteroatoms. The number of likely N-dealkylation sites (tertiary alicyclic amines) is 1. The zero-order valence-electron chi connectivity index (χ0n) is 13.3. The summed E-state index contributed by atoms with van der Waals surface area (Å²) in [6.07, 6.45) is 0.820. The highest BCUT2D eigenvalue weighted by atomic mass is 16.3. The van der Waals surface area contributed by atoms with Crippen LogP contribution in [0, 0.1) is 0 Å². The Morgan fingerprint density at radius 2 is 1.71 bits per heavy atom. The van der Waals surface area contributed by atoms with Gasteiger partial charge >= 0.3 is 0 Å². The molecule has 2 aromatic carbocycles. The van der Waals surface area contributed by atoms with Gasteiger partial charge in [-0.3, -0.25) is 9.59 Å². The smallest absolute Gasteiger partial charge is 0.257 e. The fourth-order valence-electron chi connectivity index (χ4n) is 2.83. The number of amides is 2. The fourth-order valence-corrected chi connectivity index (χ4v) is 2.83. The molecule has 0 radical (unpaired) electrons. The van der Waals surface area contributed by atoms with E-state index in [1.165, 1.54) is 0 Å². The Hall–Kier alpha value is -2.66. The summed E-state index contributed by atoms with van der Waals surface area (Å²) < 4.78 is 0. The molecule has 1 fully saturated rings. The van der Waals surface area contributed by atoms with E-state index >= 15 is 0 Å². The highest BCUT2D eigenvalue weighted by Crippen LogP contribution is 2.19. The van der Waals surface area contributed by atoms with Crippen LogP contribution in [0.2, 0.25) is 0 Å². The van der Waals surface area contributed by atoms with Crippen molar-refractivity contribution in [3.63, 3.8) is 0 Å². The standard InChI is InChI=1S/C19H20N2O3/c22-17(14-7-2-1-3-8-14)18(23)20-16-10-6-9-15(13-16)19(24)21-11-4-5-12-21/h1-3,6-10,13,17,22H,4-5,11-12H2,(H,20,23). The van der Waals surface area contributed by atoms with Crippen molar-refractivity contribution in [2.45, 2.75) is 18.9 Å². The predicted octanol–water partition coefficient (Wildman–Crippen LogP) is 2.59. The molecule has 0 bridgehead atoms. The van der Waals surface area contributed by atoms with E-state index in [-0.39, 0.29) is 5.91 Å². The monoisotopic (exact) mass is 324 g/mol. The molecule has 0 spiro atoms. The van der Waals surface area contributed by atoms with Crippen molar-refractivity contribution in [2.24, 2.45) is 0 Å². The number of nitrogens with one attached hydrogen (secondary N) is 1. The van der Waals surface area contributed by atoms with Gasteiger partial charge in [0.05, 0.1) is 0 Å². The van der Waals surface area contributed by atoms with Gasteiger partial charge in [0.25, 0.3) is 11.8 Å². The lowest BCUT2D eigenvalue weighted by molar-refractivity contribution is -0.124. The van der Waals surface area contributed by atoms with Gasteiger partial charge in [0.2, 0.25) is 0 Å². The summed E-state index contributed by atoms with van der Waals surface area (Å²) in [7, 11) is 0. The normalized spacial score (nSPS) is 15.1. The lowest BCUT2D eigenvalue weighted by atomic mass is 10.1. The van der Waals surface area contributed by atoms with Crippen LogP contribution in [0.25, 0.3) is 0 Å². The molecular formula is C19H20N2O3. The van der Waals surface area contributed by atoms with E-state index in [4.69, 9.17) is 0 Å². The average Bonchev–Trinajstić information content (AvgIpc) is 3.16. The first-order valence-electron chi connectivity index (χ1n) is 8.08. The van der Waals surface area contributed by atoms with Gasteiger partial charge in [0.15, 0.2) is 6.10 Å². The lowest BCUT2D eigenvalue weighted by Crippen LogP contribution is -2.27. The Kier molecular flexibility index (Phi) is 4.91. The summed E-state index contributed by atoms with van der Waals surface area (Å²) >= 11 is 0. The predicted molar refractivity (Wildman–Crippen MR) is 91.6 cm³/mol. The van der Waals surface area contributed by atoms with Crippen molar-refractivity contribution in [2.75, 3.05) is 18.4 Å². The first kappa shape index (κ1) is 16.2. The number of benzene rings is 2. The van der Waals surface area contributed by atoms with Gasteiger partial charge in [-0.2, -0.15) is 0 Å². The Bertz CT molecular complexity index is 724. The summed E-state index contributed by atoms with van der Waals surface area (Å²) in [5, 5.41) is 12.8. The van der Waals surface area contributed by atoms with Crippen LogP contribution in [-0.4, -0.2) is 34.9 Å². The highest BCUT2D eigenvalue weighted by Gasteiger charge is 2.21. The molecule has 1 aliphatic heterocycles. The van der Waals surface area contributed by atoms with Crippen LogP contribution in [0.5, 0.6) is 0 Å². The van der Waals surface area contributed by atoms with Crippen molar-refractivity contribution in [3.8, 4) is 0 Å². The second-order valence-electron chi connectivity index (χ2n) is 5.88. The van der Waals surface area contributed by atoms with Gasteiger partial charge in [0, 0.05) is 24.3 Å². The molecule has 124 valence electrons. The van der Waals surface area contributed by atoms with Crippen LogP contribution in [0.15, 0.2) is 54.6 Å². The Balaban J connectivity index is 1.70. The number of hydrogen-bond acceptors (Lipinski definition) is 3. The van der Waals surface area contributed by atoms with Crippen molar-refractivity contribution < 1.29 is 14.7 Å². The summed E-state index contributed by atoms with van der Waals surface area (Å²) in [5.74, 6) is -0.542. The van der Waals surface area contributed by atoms with Crippen LogP contribution in [0.3, 0.4) is 0 Å². The number of anilines is 1. The molecule has 2 N–H and O–H groups in total. The Morgan fingerprint density at radius 1 is 1.00 bits per heavy atom. The number of rotatable bonds is 4.